The van der Waals surface area contributed by atoms with Crippen LogP contribution in [0, 0.1) is 0 Å². The highest BCUT2D eigenvalue weighted by Gasteiger charge is 2.38. The van der Waals surface area contributed by atoms with Gasteiger partial charge in [-0.05, 0) is 12.1 Å². The van der Waals surface area contributed by atoms with Crippen molar-refractivity contribution in [2.75, 3.05) is 12.8 Å². The van der Waals surface area contributed by atoms with Crippen molar-refractivity contribution in [1.82, 2.24) is 0 Å². The van der Waals surface area contributed by atoms with E-state index >= 15 is 0 Å². The van der Waals surface area contributed by atoms with E-state index in [1.165, 1.54) is 0 Å². The zero-order valence-corrected chi connectivity index (χ0v) is 9.65. The van der Waals surface area contributed by atoms with Crippen molar-refractivity contribution in [3.63, 3.8) is 0 Å². The van der Waals surface area contributed by atoms with Gasteiger partial charge < -0.3 is 10.5 Å². The van der Waals surface area contributed by atoms with Crippen molar-refractivity contribution >= 4 is 27.6 Å². The van der Waals surface area contributed by atoms with Crippen molar-refractivity contribution in [2.24, 2.45) is 0 Å². The number of ether oxygens (including phenoxy) is 1. The van der Waals surface area contributed by atoms with Crippen molar-refractivity contribution in [1.29, 1.82) is 0 Å². The summed E-state index contributed by atoms with van der Waals surface area (Å²) in [6, 6.07) is 2.10. The molecule has 88 valence electrons. The molecular weight excluding hydrogens is 291 g/mol. The van der Waals surface area contributed by atoms with Gasteiger partial charge in [0.15, 0.2) is 0 Å². The van der Waals surface area contributed by atoms with Crippen molar-refractivity contribution in [2.45, 2.75) is 6.18 Å². The molecule has 0 saturated carbocycles. The van der Waals surface area contributed by atoms with Crippen LogP contribution >= 0.6 is 15.9 Å². The molecule has 0 amide bonds. The zero-order valence-electron chi connectivity index (χ0n) is 8.06. The fourth-order valence-corrected chi connectivity index (χ4v) is 1.69. The quantitative estimate of drug-likeness (QED) is 0.640. The Kier molecular flexibility index (Phi) is 3.47. The molecule has 0 saturated heterocycles. The molecule has 16 heavy (non-hydrogen) atoms. The summed E-state index contributed by atoms with van der Waals surface area (Å²) in [4.78, 5) is 11.2. The summed E-state index contributed by atoms with van der Waals surface area (Å²) in [5.41, 5.74) is 2.93. The molecule has 2 N–H and O–H groups in total. The largest absolute Gasteiger partial charge is 0.465 e. The number of alkyl halides is 3. The second-order valence-corrected chi connectivity index (χ2v) is 3.82. The fourth-order valence-electron chi connectivity index (χ4n) is 1.22. The van der Waals surface area contributed by atoms with Crippen LogP contribution in [0.1, 0.15) is 15.9 Å². The lowest BCUT2D eigenvalue weighted by Crippen LogP contribution is -2.16. The van der Waals surface area contributed by atoms with E-state index in [0.29, 0.717) is 0 Å². The summed E-state index contributed by atoms with van der Waals surface area (Å²) in [7, 11) is 1.000. The second kappa shape index (κ2) is 4.32. The number of anilines is 1. The van der Waals surface area contributed by atoms with Crippen LogP contribution in [0.4, 0.5) is 18.9 Å². The van der Waals surface area contributed by atoms with Gasteiger partial charge >= 0.3 is 12.1 Å². The maximum Gasteiger partial charge on any atom is 0.419 e. The number of esters is 1. The van der Waals surface area contributed by atoms with Gasteiger partial charge in [-0.25, -0.2) is 4.79 Å². The Morgan fingerprint density at radius 3 is 2.44 bits per heavy atom. The first kappa shape index (κ1) is 12.8. The van der Waals surface area contributed by atoms with Gasteiger partial charge in [0.1, 0.15) is 0 Å². The Balaban J connectivity index is 3.51. The van der Waals surface area contributed by atoms with Crippen LogP contribution in [0.25, 0.3) is 0 Å². The summed E-state index contributed by atoms with van der Waals surface area (Å²) in [5, 5.41) is 0. The molecule has 0 fully saturated rings. The summed E-state index contributed by atoms with van der Waals surface area (Å²) >= 11 is 2.96. The van der Waals surface area contributed by atoms with Crippen LogP contribution in [-0.2, 0) is 10.9 Å². The second-order valence-electron chi connectivity index (χ2n) is 2.91. The number of halogens is 4. The smallest absolute Gasteiger partial charge is 0.419 e. The lowest BCUT2D eigenvalue weighted by Gasteiger charge is -2.14. The number of carbonyl (C=O) groups excluding carboxylic acids is 1. The number of carbonyl (C=O) groups is 1. The van der Waals surface area contributed by atoms with Crippen LogP contribution in [-0.4, -0.2) is 13.1 Å². The molecule has 3 nitrogen and oxygen atoms in total. The van der Waals surface area contributed by atoms with E-state index < -0.39 is 29.0 Å². The van der Waals surface area contributed by atoms with Crippen LogP contribution in [0.3, 0.4) is 0 Å². The molecule has 0 aliphatic heterocycles. The zero-order chi connectivity index (χ0) is 12.5. The van der Waals surface area contributed by atoms with E-state index in [1.54, 1.807) is 0 Å². The molecule has 0 heterocycles. The normalized spacial score (nSPS) is 11.3. The van der Waals surface area contributed by atoms with Gasteiger partial charge in [-0.2, -0.15) is 13.2 Å². The Morgan fingerprint density at radius 2 is 2.00 bits per heavy atom. The number of benzene rings is 1. The highest BCUT2D eigenvalue weighted by molar-refractivity contribution is 9.10. The molecule has 0 bridgehead atoms. The van der Waals surface area contributed by atoms with Gasteiger partial charge in [0.05, 0.1) is 18.2 Å². The molecule has 1 aromatic rings. The molecule has 0 aromatic heterocycles. The van der Waals surface area contributed by atoms with Gasteiger partial charge in [0.2, 0.25) is 0 Å². The van der Waals surface area contributed by atoms with Crippen molar-refractivity contribution in [3.05, 3.63) is 27.7 Å². The average molecular weight is 298 g/mol. The number of hydrogen-bond acceptors (Lipinski definition) is 3. The third kappa shape index (κ3) is 2.46. The molecule has 0 unspecified atom stereocenters. The molecule has 0 spiro atoms. The van der Waals surface area contributed by atoms with E-state index in [0.717, 1.165) is 19.2 Å². The number of methoxy groups -OCH3 is 1. The van der Waals surface area contributed by atoms with Crippen LogP contribution in [0.2, 0.25) is 0 Å². The lowest BCUT2D eigenvalue weighted by atomic mass is 10.1. The molecule has 0 aliphatic carbocycles. The van der Waals surface area contributed by atoms with Crippen LogP contribution < -0.4 is 5.73 Å². The summed E-state index contributed by atoms with van der Waals surface area (Å²) in [5.74, 6) is -1.08. The van der Waals surface area contributed by atoms with Gasteiger partial charge in [-0.1, -0.05) is 15.9 Å². The minimum absolute atomic E-state index is 0.276. The maximum absolute atomic E-state index is 12.6. The predicted octanol–water partition coefficient (Wildman–Crippen LogP) is 2.84. The van der Waals surface area contributed by atoms with Gasteiger partial charge in [-0.3, -0.25) is 0 Å². The molecule has 0 radical (unpaired) electrons. The fraction of sp³-hybridized carbons (Fsp3) is 0.222. The summed E-state index contributed by atoms with van der Waals surface area (Å²) < 4.78 is 42.4. The van der Waals surface area contributed by atoms with Crippen molar-refractivity contribution < 1.29 is 22.7 Å². The van der Waals surface area contributed by atoms with Gasteiger partial charge in [-0.15, -0.1) is 0 Å². The van der Waals surface area contributed by atoms with E-state index in [-0.39, 0.29) is 4.47 Å². The standard InChI is InChI=1S/C9H7BrF3NO2/c1-16-8(15)5-2-4(10)3-6(14)7(5)9(11,12)13/h2-3H,14H2,1H3. The molecule has 1 rings (SSSR count). The third-order valence-electron chi connectivity index (χ3n) is 1.82. The minimum Gasteiger partial charge on any atom is -0.465 e. The molecule has 0 aliphatic rings. The first-order valence-corrected chi connectivity index (χ1v) is 4.81. The van der Waals surface area contributed by atoms with Gasteiger partial charge in [0.25, 0.3) is 0 Å². The van der Waals surface area contributed by atoms with E-state index in [1.807, 2.05) is 0 Å². The van der Waals surface area contributed by atoms with E-state index in [2.05, 4.69) is 20.7 Å². The Morgan fingerprint density at radius 1 is 1.44 bits per heavy atom. The van der Waals surface area contributed by atoms with Crippen LogP contribution in [0.5, 0.6) is 0 Å². The highest BCUT2D eigenvalue weighted by atomic mass is 79.9. The monoisotopic (exact) mass is 297 g/mol. The van der Waals surface area contributed by atoms with Crippen molar-refractivity contribution in [3.8, 4) is 0 Å². The topological polar surface area (TPSA) is 52.3 Å². The first-order valence-electron chi connectivity index (χ1n) is 4.02. The molecule has 0 atom stereocenters. The Hall–Kier alpha value is -1.24. The third-order valence-corrected chi connectivity index (χ3v) is 2.28. The summed E-state index contributed by atoms with van der Waals surface area (Å²) in [6.07, 6.45) is -4.70. The number of hydrogen-bond donors (Lipinski definition) is 1. The molecular formula is C9H7BrF3NO2. The number of nitrogen functional groups attached to an aromatic ring is 1. The van der Waals surface area contributed by atoms with E-state index in [9.17, 15) is 18.0 Å². The summed E-state index contributed by atoms with van der Waals surface area (Å²) in [6.45, 7) is 0. The first-order chi connectivity index (χ1) is 7.27. The Labute approximate surface area is 97.5 Å². The van der Waals surface area contributed by atoms with Gasteiger partial charge in [0, 0.05) is 10.2 Å². The van der Waals surface area contributed by atoms with Crippen LogP contribution in [0.15, 0.2) is 16.6 Å². The average Bonchev–Trinajstić information content (AvgIpc) is 2.12. The van der Waals surface area contributed by atoms with E-state index in [4.69, 9.17) is 5.73 Å². The predicted molar refractivity (Wildman–Crippen MR) is 54.9 cm³/mol. The maximum atomic E-state index is 12.6. The highest BCUT2D eigenvalue weighted by Crippen LogP contribution is 2.38. The molecule has 7 heteroatoms. The lowest BCUT2D eigenvalue weighted by molar-refractivity contribution is -0.137. The minimum atomic E-state index is -4.70. The number of nitrogens with two attached hydrogens (primary N) is 1. The molecule has 1 aromatic carbocycles. The SMILES string of the molecule is COC(=O)c1cc(Br)cc(N)c1C(F)(F)F. The Bertz CT molecular complexity index is 431. The number of rotatable bonds is 1.